The first-order valence-electron chi connectivity index (χ1n) is 5.88. The SMILES string of the molecule is CCc1nnsc1C(O)c1cc2cccc(Cl)c2o1. The van der Waals surface area contributed by atoms with Crippen LogP contribution in [0.15, 0.2) is 28.7 Å². The van der Waals surface area contributed by atoms with Gasteiger partial charge in [0.2, 0.25) is 0 Å². The topological polar surface area (TPSA) is 59.2 Å². The van der Waals surface area contributed by atoms with Crippen molar-refractivity contribution in [3.8, 4) is 0 Å². The second-order valence-electron chi connectivity index (χ2n) is 4.15. The monoisotopic (exact) mass is 294 g/mol. The summed E-state index contributed by atoms with van der Waals surface area (Å²) in [5.41, 5.74) is 1.39. The van der Waals surface area contributed by atoms with E-state index in [9.17, 15) is 5.11 Å². The number of rotatable bonds is 3. The molecule has 19 heavy (non-hydrogen) atoms. The summed E-state index contributed by atoms with van der Waals surface area (Å²) >= 11 is 7.25. The van der Waals surface area contributed by atoms with Crippen LogP contribution < -0.4 is 0 Å². The molecule has 0 saturated heterocycles. The summed E-state index contributed by atoms with van der Waals surface area (Å²) in [6, 6.07) is 7.30. The Labute approximate surface area is 118 Å². The Morgan fingerprint density at radius 3 is 3.05 bits per heavy atom. The molecule has 1 atom stereocenters. The summed E-state index contributed by atoms with van der Waals surface area (Å²) in [6.07, 6.45) is -0.123. The molecule has 0 aliphatic carbocycles. The minimum absolute atomic E-state index is 0.462. The van der Waals surface area contributed by atoms with E-state index in [-0.39, 0.29) is 0 Å². The average Bonchev–Trinajstić information content (AvgIpc) is 3.04. The molecule has 1 N–H and O–H groups in total. The molecule has 0 aliphatic rings. The Morgan fingerprint density at radius 2 is 2.32 bits per heavy atom. The van der Waals surface area contributed by atoms with Crippen LogP contribution >= 0.6 is 23.1 Å². The zero-order chi connectivity index (χ0) is 13.4. The Morgan fingerprint density at radius 1 is 1.47 bits per heavy atom. The maximum atomic E-state index is 10.4. The van der Waals surface area contributed by atoms with E-state index in [1.54, 1.807) is 12.1 Å². The van der Waals surface area contributed by atoms with Gasteiger partial charge in [-0.25, -0.2) is 0 Å². The highest BCUT2D eigenvalue weighted by atomic mass is 35.5. The molecule has 1 unspecified atom stereocenters. The smallest absolute Gasteiger partial charge is 0.153 e. The fourth-order valence-corrected chi connectivity index (χ4v) is 2.93. The molecule has 2 heterocycles. The van der Waals surface area contributed by atoms with E-state index in [0.29, 0.717) is 16.4 Å². The summed E-state index contributed by atoms with van der Waals surface area (Å²) < 4.78 is 9.53. The van der Waals surface area contributed by atoms with Gasteiger partial charge in [-0.3, -0.25) is 0 Å². The molecule has 0 aliphatic heterocycles. The van der Waals surface area contributed by atoms with Gasteiger partial charge in [-0.2, -0.15) is 0 Å². The van der Waals surface area contributed by atoms with Crippen molar-refractivity contribution in [2.24, 2.45) is 0 Å². The molecule has 98 valence electrons. The van der Waals surface area contributed by atoms with E-state index in [1.807, 2.05) is 19.1 Å². The summed E-state index contributed by atoms with van der Waals surface area (Å²) in [4.78, 5) is 0.720. The van der Waals surface area contributed by atoms with Crippen LogP contribution in [0.2, 0.25) is 5.02 Å². The van der Waals surface area contributed by atoms with Crippen LogP contribution in [0.25, 0.3) is 11.0 Å². The van der Waals surface area contributed by atoms with E-state index >= 15 is 0 Å². The van der Waals surface area contributed by atoms with Gasteiger partial charge >= 0.3 is 0 Å². The Balaban J connectivity index is 2.07. The van der Waals surface area contributed by atoms with Gasteiger partial charge in [-0.15, -0.1) is 5.10 Å². The summed E-state index contributed by atoms with van der Waals surface area (Å²) in [6.45, 7) is 1.97. The van der Waals surface area contributed by atoms with Crippen LogP contribution in [0.5, 0.6) is 0 Å². The molecule has 0 fully saturated rings. The van der Waals surface area contributed by atoms with Crippen LogP contribution in [0, 0.1) is 0 Å². The number of para-hydroxylation sites is 1. The minimum atomic E-state index is -0.849. The highest BCUT2D eigenvalue weighted by molar-refractivity contribution is 7.05. The molecular weight excluding hydrogens is 284 g/mol. The predicted molar refractivity (Wildman–Crippen MR) is 74.6 cm³/mol. The fourth-order valence-electron chi connectivity index (χ4n) is 1.98. The van der Waals surface area contributed by atoms with Crippen molar-refractivity contribution in [1.29, 1.82) is 0 Å². The van der Waals surface area contributed by atoms with Gasteiger partial charge in [-0.1, -0.05) is 35.1 Å². The normalized spacial score (nSPS) is 13.0. The maximum absolute atomic E-state index is 10.4. The van der Waals surface area contributed by atoms with Crippen LogP contribution in [0.3, 0.4) is 0 Å². The van der Waals surface area contributed by atoms with E-state index in [1.165, 1.54) is 11.5 Å². The van der Waals surface area contributed by atoms with Gasteiger partial charge in [0.15, 0.2) is 5.58 Å². The number of hydrogen-bond donors (Lipinski definition) is 1. The highest BCUT2D eigenvalue weighted by Gasteiger charge is 2.22. The van der Waals surface area contributed by atoms with Gasteiger partial charge in [0.05, 0.1) is 15.6 Å². The molecule has 0 bridgehead atoms. The first-order valence-corrected chi connectivity index (χ1v) is 7.03. The number of hydrogen-bond acceptors (Lipinski definition) is 5. The van der Waals surface area contributed by atoms with Gasteiger partial charge in [0, 0.05) is 5.39 Å². The third-order valence-electron chi connectivity index (χ3n) is 2.95. The van der Waals surface area contributed by atoms with Crippen molar-refractivity contribution < 1.29 is 9.52 Å². The van der Waals surface area contributed by atoms with Gasteiger partial charge < -0.3 is 9.52 Å². The molecule has 0 spiro atoms. The number of benzene rings is 1. The summed E-state index contributed by atoms with van der Waals surface area (Å²) in [7, 11) is 0. The van der Waals surface area contributed by atoms with Crippen molar-refractivity contribution in [3.05, 3.63) is 45.6 Å². The standard InChI is InChI=1S/C13H11ClN2O2S/c1-2-9-13(19-16-15-9)11(17)10-6-7-4-3-5-8(14)12(7)18-10/h3-6,11,17H,2H2,1H3. The molecule has 0 radical (unpaired) electrons. The van der Waals surface area contributed by atoms with Crippen molar-refractivity contribution in [2.75, 3.05) is 0 Å². The van der Waals surface area contributed by atoms with Crippen LogP contribution in [-0.4, -0.2) is 14.7 Å². The molecule has 3 rings (SSSR count). The molecule has 2 aromatic heterocycles. The number of fused-ring (bicyclic) bond motifs is 1. The lowest BCUT2D eigenvalue weighted by molar-refractivity contribution is 0.194. The second-order valence-corrected chi connectivity index (χ2v) is 5.34. The van der Waals surface area contributed by atoms with Crippen LogP contribution in [-0.2, 0) is 6.42 Å². The van der Waals surface area contributed by atoms with Crippen LogP contribution in [0.1, 0.15) is 29.4 Å². The van der Waals surface area contributed by atoms with Gasteiger partial charge in [-0.05, 0) is 30.1 Å². The van der Waals surface area contributed by atoms with E-state index in [2.05, 4.69) is 9.59 Å². The first-order chi connectivity index (χ1) is 9.20. The zero-order valence-electron chi connectivity index (χ0n) is 10.1. The minimum Gasteiger partial charge on any atom is -0.456 e. The molecule has 1 aromatic carbocycles. The molecule has 3 aromatic rings. The number of aryl methyl sites for hydroxylation is 1. The average molecular weight is 295 g/mol. The van der Waals surface area contributed by atoms with E-state index in [0.717, 1.165) is 22.4 Å². The van der Waals surface area contributed by atoms with Gasteiger partial charge in [0.1, 0.15) is 11.9 Å². The number of nitrogens with zero attached hydrogens (tertiary/aromatic N) is 2. The fraction of sp³-hybridized carbons (Fsp3) is 0.231. The van der Waals surface area contributed by atoms with Gasteiger partial charge in [0.25, 0.3) is 0 Å². The quantitative estimate of drug-likeness (QED) is 0.802. The summed E-state index contributed by atoms with van der Waals surface area (Å²) in [5, 5.41) is 15.8. The molecule has 0 saturated carbocycles. The lowest BCUT2D eigenvalue weighted by Crippen LogP contribution is -1.99. The lowest BCUT2D eigenvalue weighted by atomic mass is 10.1. The maximum Gasteiger partial charge on any atom is 0.153 e. The number of aliphatic hydroxyl groups is 1. The second kappa shape index (κ2) is 4.92. The highest BCUT2D eigenvalue weighted by Crippen LogP contribution is 2.33. The Hall–Kier alpha value is -1.43. The Kier molecular flexibility index (Phi) is 3.26. The number of aromatic nitrogens is 2. The van der Waals surface area contributed by atoms with E-state index in [4.69, 9.17) is 16.0 Å². The third-order valence-corrected chi connectivity index (χ3v) is 4.07. The van der Waals surface area contributed by atoms with Crippen molar-refractivity contribution in [2.45, 2.75) is 19.4 Å². The third kappa shape index (κ3) is 2.14. The molecule has 6 heteroatoms. The summed E-state index contributed by atoms with van der Waals surface area (Å²) in [5.74, 6) is 0.462. The molecular formula is C13H11ClN2O2S. The molecule has 4 nitrogen and oxygen atoms in total. The van der Waals surface area contributed by atoms with Crippen molar-refractivity contribution in [3.63, 3.8) is 0 Å². The molecule has 0 amide bonds. The Bertz CT molecular complexity index is 722. The predicted octanol–water partition coefficient (Wildman–Crippen LogP) is 3.58. The zero-order valence-corrected chi connectivity index (χ0v) is 11.7. The number of aliphatic hydroxyl groups excluding tert-OH is 1. The first kappa shape index (κ1) is 12.6. The van der Waals surface area contributed by atoms with Crippen molar-refractivity contribution in [1.82, 2.24) is 9.59 Å². The van der Waals surface area contributed by atoms with Crippen molar-refractivity contribution >= 4 is 34.1 Å². The largest absolute Gasteiger partial charge is 0.456 e. The van der Waals surface area contributed by atoms with E-state index < -0.39 is 6.10 Å². The van der Waals surface area contributed by atoms with Crippen LogP contribution in [0.4, 0.5) is 0 Å². The number of halogens is 1. The lowest BCUT2D eigenvalue weighted by Gasteiger charge is -2.05. The number of furan rings is 1.